The van der Waals surface area contributed by atoms with E-state index in [0.29, 0.717) is 11.3 Å². The first kappa shape index (κ1) is 81.4. The molecule has 0 saturated carbocycles. The molecule has 5 radical (unpaired) electrons. The summed E-state index contributed by atoms with van der Waals surface area (Å²) in [5, 5.41) is 8.92. The molecule has 12 aromatic carbocycles. The summed E-state index contributed by atoms with van der Waals surface area (Å²) in [5.41, 5.74) is 20.0. The third-order valence-electron chi connectivity index (χ3n) is 16.3. The van der Waals surface area contributed by atoms with Crippen LogP contribution < -0.4 is 0 Å². The van der Waals surface area contributed by atoms with Gasteiger partial charge < -0.3 is 9.98 Å². The molecule has 0 N–H and O–H groups in total. The molecule has 0 unspecified atom stereocenters. The van der Waals surface area contributed by atoms with Gasteiger partial charge >= 0.3 is 0 Å². The fraction of sp³-hybridized carbons (Fsp3) is 0.165. The van der Waals surface area contributed by atoms with Crippen LogP contribution in [0.2, 0.25) is 0 Å². The number of halogens is 1. The summed E-state index contributed by atoms with van der Waals surface area (Å²) in [6.07, 6.45) is 1.03. The normalized spacial score (nSPS) is 12.5. The monoisotopic (exact) mass is 2150 g/mol. The molecule has 0 bridgehead atoms. The summed E-state index contributed by atoms with van der Waals surface area (Å²) < 4.78 is 14.3. The van der Waals surface area contributed by atoms with E-state index in [1.807, 2.05) is 169 Å². The Morgan fingerprint density at radius 2 is 0.802 bits per heavy atom. The van der Waals surface area contributed by atoms with Crippen LogP contribution in [0.4, 0.5) is 4.39 Å². The topological polar surface area (TPSA) is 61.8 Å². The molecule has 0 aromatic heterocycles. The van der Waals surface area contributed by atoms with Crippen molar-refractivity contribution in [2.24, 2.45) is 25.0 Å². The molecule has 11 heteroatoms. The minimum Gasteiger partial charge on any atom is -0.303 e. The van der Waals surface area contributed by atoms with Gasteiger partial charge in [-0.15, -0.1) is 182 Å². The maximum atomic E-state index is 14.3. The Kier molecular flexibility index (Phi) is 33.4. The van der Waals surface area contributed by atoms with Crippen molar-refractivity contribution >= 4 is 77.2 Å². The predicted octanol–water partition coefficient (Wildman–Crippen LogP) is 20.2. The van der Waals surface area contributed by atoms with E-state index in [4.69, 9.17) is 0 Å². The number of nitrogens with zero attached hydrogens (tertiary/aromatic N) is 5. The average Bonchev–Trinajstić information content (AvgIpc) is 1.53. The second-order valence-corrected chi connectivity index (χ2v) is 23.0. The maximum Gasteiger partial charge on any atom is 0.0907 e. The molecular formula is C85H77FIr5N5-5. The molecule has 0 atom stereocenters. The van der Waals surface area contributed by atoms with Gasteiger partial charge in [-0.1, -0.05) is 200 Å². The molecule has 13 rings (SSSR count). The van der Waals surface area contributed by atoms with Crippen LogP contribution >= 0.6 is 0 Å². The Balaban J connectivity index is 0.000000253. The third kappa shape index (κ3) is 19.4. The Bertz CT molecular complexity index is 4560. The van der Waals surface area contributed by atoms with Crippen LogP contribution in [0, 0.1) is 50.0 Å². The number of aliphatic imine (C=N–C) groups is 5. The molecule has 96 heavy (non-hydrogen) atoms. The van der Waals surface area contributed by atoms with Gasteiger partial charge in [-0.05, 0) is 66.6 Å². The van der Waals surface area contributed by atoms with E-state index in [1.165, 1.54) is 77.7 Å². The summed E-state index contributed by atoms with van der Waals surface area (Å²) in [6.45, 7) is 15.1. The Morgan fingerprint density at radius 1 is 0.396 bits per heavy atom. The van der Waals surface area contributed by atoms with Gasteiger partial charge in [0.05, 0.1) is 5.82 Å². The molecule has 0 saturated heterocycles. The van der Waals surface area contributed by atoms with Crippen molar-refractivity contribution in [3.63, 3.8) is 0 Å². The van der Waals surface area contributed by atoms with Gasteiger partial charge in [-0.3, -0.25) is 15.0 Å². The van der Waals surface area contributed by atoms with Gasteiger partial charge in [0.1, 0.15) is 0 Å². The Labute approximate surface area is 636 Å². The van der Waals surface area contributed by atoms with Crippen molar-refractivity contribution in [3.05, 3.63) is 340 Å². The van der Waals surface area contributed by atoms with Crippen LogP contribution in [0.1, 0.15) is 102 Å². The van der Waals surface area contributed by atoms with E-state index in [9.17, 15) is 4.39 Å². The second kappa shape index (κ2) is 39.4. The Hall–Kier alpha value is -7.05. The van der Waals surface area contributed by atoms with Crippen molar-refractivity contribution in [2.45, 2.75) is 60.3 Å². The second-order valence-electron chi connectivity index (χ2n) is 23.0. The van der Waals surface area contributed by atoms with Crippen LogP contribution in [0.15, 0.2) is 267 Å². The largest absolute Gasteiger partial charge is 0.303 e. The predicted molar refractivity (Wildman–Crippen MR) is 387 cm³/mol. The fourth-order valence-corrected chi connectivity index (χ4v) is 11.9. The van der Waals surface area contributed by atoms with Gasteiger partial charge in [-0.2, -0.15) is 0 Å². The first-order chi connectivity index (χ1) is 44.2. The summed E-state index contributed by atoms with van der Waals surface area (Å²) in [6, 6.07) is 95.0. The minimum atomic E-state index is -0.274. The van der Waals surface area contributed by atoms with Crippen molar-refractivity contribution in [2.75, 3.05) is 35.2 Å². The first-order valence-corrected chi connectivity index (χ1v) is 30.7. The van der Waals surface area contributed by atoms with Crippen LogP contribution in [-0.4, -0.2) is 63.8 Å². The van der Waals surface area contributed by atoms with Crippen molar-refractivity contribution in [3.8, 4) is 0 Å². The van der Waals surface area contributed by atoms with Crippen molar-refractivity contribution < 1.29 is 105 Å². The number of hydrogen-bond donors (Lipinski definition) is 0. The summed E-state index contributed by atoms with van der Waals surface area (Å²) in [7, 11) is 9.10. The molecule has 0 heterocycles. The van der Waals surface area contributed by atoms with E-state index in [1.54, 1.807) is 19.2 Å². The molecule has 1 aliphatic rings. The molecule has 1 aliphatic carbocycles. The SMILES string of the molecule is CN=C(C(=C(C)C)c1[c-]cccc1)c1ccccc1.CN=C(C)c1c(C)ccc2ccc[c-]c12.CN=C(c1ccccc1)c1c(C)ccc2ccc[c-]c12.CN=C(c1ccccc1)c1c(F)ccc2ccc[c-]c12.CN=C1CC(C)(C)c2ccc3ccc[c-]c3c21.[Ir].[Ir].[Ir].[Ir].[Ir]. The molecule has 0 amide bonds. The maximum absolute atomic E-state index is 14.3. The molecule has 0 spiro atoms. The zero-order valence-electron chi connectivity index (χ0n) is 56.0. The number of fused-ring (bicyclic) bond motifs is 6. The molecular weight excluding hydrogens is 2070 g/mol. The van der Waals surface area contributed by atoms with E-state index in [2.05, 4.69) is 182 Å². The number of aryl methyl sites for hydroxylation is 2. The summed E-state index contributed by atoms with van der Waals surface area (Å²) >= 11 is 0. The molecule has 12 aromatic rings. The molecule has 0 aliphatic heterocycles. The number of hydrogen-bond acceptors (Lipinski definition) is 5. The molecule has 0 fully saturated rings. The Morgan fingerprint density at radius 3 is 1.25 bits per heavy atom. The van der Waals surface area contributed by atoms with Gasteiger partial charge in [0.2, 0.25) is 0 Å². The zero-order chi connectivity index (χ0) is 64.4. The first-order valence-electron chi connectivity index (χ1n) is 30.7. The molecule has 5 nitrogen and oxygen atoms in total. The van der Waals surface area contributed by atoms with Gasteiger partial charge in [0, 0.05) is 159 Å². The number of rotatable bonds is 8. The van der Waals surface area contributed by atoms with Crippen LogP contribution in [0.3, 0.4) is 0 Å². The minimum absolute atomic E-state index is 0. The smallest absolute Gasteiger partial charge is 0.0907 e. The average molecular weight is 2150 g/mol. The zero-order valence-corrected chi connectivity index (χ0v) is 68.0. The van der Waals surface area contributed by atoms with Crippen molar-refractivity contribution in [1.29, 1.82) is 0 Å². The summed E-state index contributed by atoms with van der Waals surface area (Å²) in [5.74, 6) is -0.274. The van der Waals surface area contributed by atoms with E-state index in [-0.39, 0.29) is 112 Å². The van der Waals surface area contributed by atoms with Crippen molar-refractivity contribution in [1.82, 2.24) is 0 Å². The van der Waals surface area contributed by atoms with Gasteiger partial charge in [-0.25, -0.2) is 4.39 Å². The van der Waals surface area contributed by atoms with E-state index >= 15 is 0 Å². The van der Waals surface area contributed by atoms with Crippen LogP contribution in [-0.2, 0) is 106 Å². The quantitative estimate of drug-likeness (QED) is 0.108. The van der Waals surface area contributed by atoms with E-state index in [0.717, 1.165) is 67.5 Å². The third-order valence-corrected chi connectivity index (χ3v) is 16.3. The van der Waals surface area contributed by atoms with Crippen LogP contribution in [0.25, 0.3) is 48.7 Å². The van der Waals surface area contributed by atoms with Crippen LogP contribution in [0.5, 0.6) is 0 Å². The number of allylic oxidation sites excluding steroid dienone is 2. The summed E-state index contributed by atoms with van der Waals surface area (Å²) in [4.78, 5) is 22.1. The number of benzene rings is 12. The van der Waals surface area contributed by atoms with Gasteiger partial charge in [0.15, 0.2) is 0 Å². The standard InChI is InChI=1S/C19H16N.C18H13FN.C18H18N.C16H16N.C14H14N.5Ir/c1-14-12-13-15-8-6-7-11-17(15)18(14)19(20-2)16-9-4-3-5-10-16;1-20-18(14-8-3-2-4-9-14)17-15-10-6-5-7-13(15)11-12-16(17)19;1-14(2)17(15-10-6-4-7-11-15)18(19-3)16-12-8-5-9-13-16;1-16(2)10-14(17-3)15-12-7-5-4-6-11(12)8-9-13(15)16;1-10-8-9-12-6-4-5-7-13(12)14(10)11(2)15-3;;;;;/h3-10,12-13H,1-2H3;2-9,11-12H,1H3;4-10,12-13H,1-3H3;4-6,8-9H,10H2,1-3H3;4-6,8-9H,1-3H3;;;;;/q5*-1;;;;;. The van der Waals surface area contributed by atoms with E-state index < -0.39 is 0 Å². The van der Waals surface area contributed by atoms with Gasteiger partial charge in [0.25, 0.3) is 0 Å². The molecule has 499 valence electrons. The fourth-order valence-electron chi connectivity index (χ4n) is 11.9.